The summed E-state index contributed by atoms with van der Waals surface area (Å²) < 4.78 is 13.4. The first-order valence-corrected chi connectivity index (χ1v) is 10.5. The molecule has 152 valence electrons. The second kappa shape index (κ2) is 6.68. The van der Waals surface area contributed by atoms with Gasteiger partial charge in [0.1, 0.15) is 11.4 Å². The Morgan fingerprint density at radius 1 is 0.897 bits per heavy atom. The zero-order chi connectivity index (χ0) is 20.3. The SMILES string of the molecule is COc1cc(C)c(-c2ccc(C)c3c(N(C4CC4)C4CC4)c(OC)nn23)c(C)c1. The Balaban J connectivity index is 1.77. The number of benzene rings is 1. The lowest BCUT2D eigenvalue weighted by Crippen LogP contribution is -2.28. The van der Waals surface area contributed by atoms with Crippen LogP contribution in [-0.2, 0) is 0 Å². The van der Waals surface area contributed by atoms with Crippen molar-refractivity contribution < 1.29 is 9.47 Å². The fourth-order valence-corrected chi connectivity index (χ4v) is 4.65. The number of aryl methyl sites for hydroxylation is 3. The normalized spacial score (nSPS) is 16.3. The molecule has 2 aliphatic rings. The van der Waals surface area contributed by atoms with Gasteiger partial charge < -0.3 is 14.4 Å². The summed E-state index contributed by atoms with van der Waals surface area (Å²) in [5.41, 5.74) is 8.26. The first-order valence-electron chi connectivity index (χ1n) is 10.5. The fourth-order valence-electron chi connectivity index (χ4n) is 4.65. The summed E-state index contributed by atoms with van der Waals surface area (Å²) in [6.45, 7) is 6.45. The van der Waals surface area contributed by atoms with Crippen LogP contribution in [0.3, 0.4) is 0 Å². The third-order valence-corrected chi connectivity index (χ3v) is 6.25. The van der Waals surface area contributed by atoms with E-state index in [0.29, 0.717) is 12.1 Å². The van der Waals surface area contributed by atoms with Gasteiger partial charge in [-0.1, -0.05) is 6.07 Å². The first kappa shape index (κ1) is 18.3. The molecule has 5 rings (SSSR count). The maximum atomic E-state index is 5.82. The molecular weight excluding hydrogens is 362 g/mol. The summed E-state index contributed by atoms with van der Waals surface area (Å²) in [6.07, 6.45) is 5.08. The molecule has 0 atom stereocenters. The summed E-state index contributed by atoms with van der Waals surface area (Å²) >= 11 is 0. The quantitative estimate of drug-likeness (QED) is 0.588. The van der Waals surface area contributed by atoms with Gasteiger partial charge in [0.05, 0.1) is 25.4 Å². The molecule has 2 heterocycles. The molecule has 0 saturated heterocycles. The molecule has 3 aromatic rings. The molecule has 5 nitrogen and oxygen atoms in total. The Labute approximate surface area is 172 Å². The van der Waals surface area contributed by atoms with Crippen LogP contribution in [0.5, 0.6) is 11.6 Å². The molecule has 2 aromatic heterocycles. The number of nitrogens with zero attached hydrogens (tertiary/aromatic N) is 3. The van der Waals surface area contributed by atoms with Crippen molar-refractivity contribution >= 4 is 11.2 Å². The number of aromatic nitrogens is 2. The molecule has 2 aliphatic carbocycles. The Hall–Kier alpha value is -2.69. The van der Waals surface area contributed by atoms with Crippen LogP contribution in [0.25, 0.3) is 16.8 Å². The molecule has 0 spiro atoms. The summed E-state index contributed by atoms with van der Waals surface area (Å²) in [7, 11) is 3.45. The van der Waals surface area contributed by atoms with Gasteiger partial charge in [0.2, 0.25) is 0 Å². The summed E-state index contributed by atoms with van der Waals surface area (Å²) in [5.74, 6) is 1.63. The fraction of sp³-hybridized carbons (Fsp3) is 0.458. The van der Waals surface area contributed by atoms with Crippen molar-refractivity contribution in [2.75, 3.05) is 19.1 Å². The zero-order valence-electron chi connectivity index (χ0n) is 18.0. The molecular formula is C24H29N3O2. The maximum Gasteiger partial charge on any atom is 0.257 e. The Bertz CT molecular complexity index is 1060. The van der Waals surface area contributed by atoms with Crippen molar-refractivity contribution in [3.63, 3.8) is 0 Å². The van der Waals surface area contributed by atoms with Gasteiger partial charge in [0, 0.05) is 17.6 Å². The number of hydrogen-bond acceptors (Lipinski definition) is 4. The van der Waals surface area contributed by atoms with Crippen LogP contribution in [0.1, 0.15) is 42.4 Å². The molecule has 29 heavy (non-hydrogen) atoms. The third-order valence-electron chi connectivity index (χ3n) is 6.25. The first-order chi connectivity index (χ1) is 14.0. The van der Waals surface area contributed by atoms with Crippen LogP contribution >= 0.6 is 0 Å². The van der Waals surface area contributed by atoms with Gasteiger partial charge in [-0.3, -0.25) is 0 Å². The number of anilines is 1. The van der Waals surface area contributed by atoms with Gasteiger partial charge in [0.15, 0.2) is 0 Å². The predicted molar refractivity (Wildman–Crippen MR) is 116 cm³/mol. The highest BCUT2D eigenvalue weighted by atomic mass is 16.5. The van der Waals surface area contributed by atoms with E-state index in [1.54, 1.807) is 14.2 Å². The number of rotatable bonds is 6. The summed E-state index contributed by atoms with van der Waals surface area (Å²) in [6, 6.07) is 9.86. The second-order valence-electron chi connectivity index (χ2n) is 8.53. The Kier molecular flexibility index (Phi) is 4.23. The van der Waals surface area contributed by atoms with Crippen molar-refractivity contribution in [2.45, 2.75) is 58.5 Å². The van der Waals surface area contributed by atoms with Crippen LogP contribution in [0.2, 0.25) is 0 Å². The van der Waals surface area contributed by atoms with E-state index in [2.05, 4.69) is 54.5 Å². The smallest absolute Gasteiger partial charge is 0.257 e. The highest BCUT2D eigenvalue weighted by Crippen LogP contribution is 2.47. The van der Waals surface area contributed by atoms with Crippen LogP contribution < -0.4 is 14.4 Å². The van der Waals surface area contributed by atoms with E-state index in [1.807, 2.05) is 0 Å². The highest BCUT2D eigenvalue weighted by molar-refractivity contribution is 5.85. The number of hydrogen-bond donors (Lipinski definition) is 0. The minimum absolute atomic E-state index is 0.636. The van der Waals surface area contributed by atoms with Gasteiger partial charge >= 0.3 is 0 Å². The lowest BCUT2D eigenvalue weighted by Gasteiger charge is -2.24. The van der Waals surface area contributed by atoms with E-state index in [1.165, 1.54) is 59.1 Å². The number of fused-ring (bicyclic) bond motifs is 1. The predicted octanol–water partition coefficient (Wildman–Crippen LogP) is 5.07. The van der Waals surface area contributed by atoms with E-state index >= 15 is 0 Å². The summed E-state index contributed by atoms with van der Waals surface area (Å²) in [4.78, 5) is 2.60. The van der Waals surface area contributed by atoms with Crippen LogP contribution in [0, 0.1) is 20.8 Å². The number of ether oxygens (including phenoxy) is 2. The molecule has 0 radical (unpaired) electrons. The second-order valence-corrected chi connectivity index (χ2v) is 8.53. The molecule has 0 N–H and O–H groups in total. The van der Waals surface area contributed by atoms with Gasteiger partial charge in [0.25, 0.3) is 5.88 Å². The molecule has 2 saturated carbocycles. The number of pyridine rings is 1. The Morgan fingerprint density at radius 3 is 2.03 bits per heavy atom. The van der Waals surface area contributed by atoms with Gasteiger partial charge in [-0.05, 0) is 81.3 Å². The Morgan fingerprint density at radius 2 is 1.52 bits per heavy atom. The maximum absolute atomic E-state index is 5.82. The molecule has 0 unspecified atom stereocenters. The molecule has 5 heteroatoms. The van der Waals surface area contributed by atoms with Crippen molar-refractivity contribution in [3.05, 3.63) is 41.0 Å². The lowest BCUT2D eigenvalue weighted by molar-refractivity contribution is 0.394. The standard InChI is InChI=1S/C24H29N3O2/c1-14-6-11-20(21-15(2)12-19(28-4)13-16(21)3)27-22(14)23(24(25-27)29-5)26(17-7-8-17)18-9-10-18/h6,11-13,17-18H,7-10H2,1-5H3. The molecule has 0 amide bonds. The largest absolute Gasteiger partial charge is 0.497 e. The average molecular weight is 392 g/mol. The molecule has 0 aliphatic heterocycles. The zero-order valence-corrected chi connectivity index (χ0v) is 18.0. The van der Waals surface area contributed by atoms with Crippen LogP contribution in [0.4, 0.5) is 5.69 Å². The van der Waals surface area contributed by atoms with E-state index < -0.39 is 0 Å². The van der Waals surface area contributed by atoms with E-state index in [-0.39, 0.29) is 0 Å². The molecule has 2 fully saturated rings. The van der Waals surface area contributed by atoms with Crippen LogP contribution in [-0.4, -0.2) is 35.9 Å². The van der Waals surface area contributed by atoms with Gasteiger partial charge in [-0.15, -0.1) is 5.10 Å². The highest BCUT2D eigenvalue weighted by Gasteiger charge is 2.42. The van der Waals surface area contributed by atoms with E-state index in [4.69, 9.17) is 14.6 Å². The summed E-state index contributed by atoms with van der Waals surface area (Å²) in [5, 5.41) is 4.96. The van der Waals surface area contributed by atoms with Crippen molar-refractivity contribution in [1.82, 2.24) is 9.61 Å². The van der Waals surface area contributed by atoms with Crippen molar-refractivity contribution in [3.8, 4) is 22.9 Å². The van der Waals surface area contributed by atoms with Crippen molar-refractivity contribution in [2.24, 2.45) is 0 Å². The lowest BCUT2D eigenvalue weighted by atomic mass is 9.98. The topological polar surface area (TPSA) is 39.0 Å². The van der Waals surface area contributed by atoms with E-state index in [0.717, 1.165) is 17.3 Å². The van der Waals surface area contributed by atoms with E-state index in [9.17, 15) is 0 Å². The molecule has 0 bridgehead atoms. The minimum Gasteiger partial charge on any atom is -0.497 e. The molecule has 1 aromatic carbocycles. The van der Waals surface area contributed by atoms with Crippen LogP contribution in [0.15, 0.2) is 24.3 Å². The third kappa shape index (κ3) is 2.95. The average Bonchev–Trinajstić information content (AvgIpc) is 3.62. The monoisotopic (exact) mass is 391 g/mol. The minimum atomic E-state index is 0.636. The van der Waals surface area contributed by atoms with Gasteiger partial charge in [-0.25, -0.2) is 4.52 Å². The van der Waals surface area contributed by atoms with Crippen molar-refractivity contribution in [1.29, 1.82) is 0 Å². The van der Waals surface area contributed by atoms with Gasteiger partial charge in [-0.2, -0.15) is 0 Å². The number of methoxy groups -OCH3 is 2.